The van der Waals surface area contributed by atoms with Gasteiger partial charge in [0.1, 0.15) is 4.33 Å². The lowest BCUT2D eigenvalue weighted by Gasteiger charge is -2.36. The van der Waals surface area contributed by atoms with Crippen molar-refractivity contribution in [1.82, 2.24) is 14.9 Å². The lowest BCUT2D eigenvalue weighted by Crippen LogP contribution is -2.51. The Morgan fingerprint density at radius 1 is 1.22 bits per heavy atom. The van der Waals surface area contributed by atoms with Crippen LogP contribution >= 0.6 is 23.2 Å². The molecule has 2 aliphatic rings. The van der Waals surface area contributed by atoms with Crippen LogP contribution in [-0.4, -0.2) is 51.3 Å². The van der Waals surface area contributed by atoms with Gasteiger partial charge in [-0.3, -0.25) is 4.79 Å². The second-order valence-electron chi connectivity index (χ2n) is 6.57. The number of carbonyl (C=O) groups excluding carboxylic acids is 1. The topological polar surface area (TPSA) is 52.2 Å². The molecule has 0 radical (unpaired) electrons. The molecule has 4 rings (SSSR count). The van der Waals surface area contributed by atoms with Crippen molar-refractivity contribution >= 4 is 46.1 Å². The molecule has 1 atom stereocenters. The number of hydrogen-bond acceptors (Lipinski definition) is 3. The largest absolute Gasteiger partial charge is 0.339 e. The van der Waals surface area contributed by atoms with E-state index < -0.39 is 9.75 Å². The molecule has 23 heavy (non-hydrogen) atoms. The number of piperazine rings is 1. The summed E-state index contributed by atoms with van der Waals surface area (Å²) < 4.78 is -0.903. The molecule has 2 fully saturated rings. The first-order valence-electron chi connectivity index (χ1n) is 7.78. The number of nitrogens with zero attached hydrogens (tertiary/aromatic N) is 3. The highest BCUT2D eigenvalue weighted by Gasteiger charge is 2.68. The smallest absolute Gasteiger partial charge is 0.231 e. The minimum atomic E-state index is -0.903. The van der Waals surface area contributed by atoms with Gasteiger partial charge in [0.2, 0.25) is 11.9 Å². The van der Waals surface area contributed by atoms with Crippen molar-refractivity contribution in [2.45, 2.75) is 17.7 Å². The van der Waals surface area contributed by atoms with Gasteiger partial charge in [0.15, 0.2) is 0 Å². The van der Waals surface area contributed by atoms with Gasteiger partial charge in [0.05, 0.1) is 16.4 Å². The minimum absolute atomic E-state index is 0.0618. The normalized spacial score (nSPS) is 26.6. The zero-order chi connectivity index (χ0) is 16.2. The van der Waals surface area contributed by atoms with Gasteiger partial charge in [-0.25, -0.2) is 4.98 Å². The molecule has 1 saturated heterocycles. The number of amides is 1. The number of para-hydroxylation sites is 2. The number of imidazole rings is 1. The highest BCUT2D eigenvalue weighted by molar-refractivity contribution is 6.53. The molecule has 5 nitrogen and oxygen atoms in total. The Balaban J connectivity index is 1.44. The van der Waals surface area contributed by atoms with E-state index in [2.05, 4.69) is 14.9 Å². The molecular weight excluding hydrogens is 335 g/mol. The van der Waals surface area contributed by atoms with Crippen LogP contribution in [0.4, 0.5) is 5.95 Å². The Morgan fingerprint density at radius 2 is 1.87 bits per heavy atom. The summed E-state index contributed by atoms with van der Waals surface area (Å²) in [6.45, 7) is 4.67. The third-order valence-corrected chi connectivity index (χ3v) is 6.07. The molecule has 1 aromatic heterocycles. The fourth-order valence-electron chi connectivity index (χ4n) is 3.19. The van der Waals surface area contributed by atoms with Gasteiger partial charge in [-0.05, 0) is 25.5 Å². The van der Waals surface area contributed by atoms with E-state index in [4.69, 9.17) is 23.2 Å². The molecule has 2 aromatic rings. The quantitative estimate of drug-likeness (QED) is 0.845. The lowest BCUT2D eigenvalue weighted by molar-refractivity contribution is -0.136. The Bertz CT molecular complexity index is 733. The number of halogens is 2. The van der Waals surface area contributed by atoms with Crippen LogP contribution in [0.2, 0.25) is 0 Å². The molecule has 7 heteroatoms. The Hall–Kier alpha value is -1.46. The first kappa shape index (κ1) is 15.1. The van der Waals surface area contributed by atoms with Crippen molar-refractivity contribution in [2.24, 2.45) is 5.41 Å². The summed E-state index contributed by atoms with van der Waals surface area (Å²) in [7, 11) is 0. The summed E-state index contributed by atoms with van der Waals surface area (Å²) in [4.78, 5) is 24.6. The molecule has 1 aromatic carbocycles. The molecule has 0 bridgehead atoms. The SMILES string of the molecule is CC1(C(=O)N2CCN(c3nc4ccccc4[nH]3)CC2)CC1(Cl)Cl. The Labute approximate surface area is 144 Å². The van der Waals surface area contributed by atoms with Gasteiger partial charge in [-0.15, -0.1) is 23.2 Å². The van der Waals surface area contributed by atoms with E-state index in [1.165, 1.54) is 0 Å². The standard InChI is InChI=1S/C16H18Cl2N4O/c1-15(10-16(15,17)18)13(23)21-6-8-22(9-7-21)14-19-11-4-2-3-5-12(11)20-14/h2-5H,6-10H2,1H3,(H,19,20). The van der Waals surface area contributed by atoms with Crippen LogP contribution in [0.1, 0.15) is 13.3 Å². The summed E-state index contributed by atoms with van der Waals surface area (Å²) in [6, 6.07) is 7.97. The molecule has 1 saturated carbocycles. The molecule has 1 aliphatic heterocycles. The number of anilines is 1. The van der Waals surface area contributed by atoms with E-state index in [0.29, 0.717) is 19.5 Å². The number of alkyl halides is 2. The van der Waals surface area contributed by atoms with Gasteiger partial charge < -0.3 is 14.8 Å². The average molecular weight is 353 g/mol. The Kier molecular flexibility index (Phi) is 3.29. The molecule has 1 amide bonds. The summed E-state index contributed by atoms with van der Waals surface area (Å²) in [5.74, 6) is 0.923. The molecule has 2 heterocycles. The zero-order valence-electron chi connectivity index (χ0n) is 12.9. The van der Waals surface area contributed by atoms with Gasteiger partial charge in [0.25, 0.3) is 0 Å². The molecular formula is C16H18Cl2N4O. The molecule has 1 aliphatic carbocycles. The van der Waals surface area contributed by atoms with Crippen molar-refractivity contribution < 1.29 is 4.79 Å². The number of hydrogen-bond donors (Lipinski definition) is 1. The van der Waals surface area contributed by atoms with Gasteiger partial charge in [-0.1, -0.05) is 12.1 Å². The van der Waals surface area contributed by atoms with E-state index >= 15 is 0 Å². The maximum Gasteiger partial charge on any atom is 0.231 e. The van der Waals surface area contributed by atoms with Crippen molar-refractivity contribution in [3.05, 3.63) is 24.3 Å². The van der Waals surface area contributed by atoms with E-state index in [-0.39, 0.29) is 5.91 Å². The molecule has 122 valence electrons. The molecule has 1 N–H and O–H groups in total. The predicted octanol–water partition coefficient (Wildman–Crippen LogP) is 2.80. The minimum Gasteiger partial charge on any atom is -0.339 e. The van der Waals surface area contributed by atoms with Crippen LogP contribution in [0.15, 0.2) is 24.3 Å². The third-order valence-electron chi connectivity index (χ3n) is 4.97. The van der Waals surface area contributed by atoms with Crippen LogP contribution < -0.4 is 4.90 Å². The number of rotatable bonds is 2. The van der Waals surface area contributed by atoms with Crippen LogP contribution in [0.3, 0.4) is 0 Å². The van der Waals surface area contributed by atoms with E-state index in [1.807, 2.05) is 36.1 Å². The predicted molar refractivity (Wildman–Crippen MR) is 92.0 cm³/mol. The van der Waals surface area contributed by atoms with Crippen LogP contribution in [0, 0.1) is 5.41 Å². The fraction of sp³-hybridized carbons (Fsp3) is 0.500. The Morgan fingerprint density at radius 3 is 2.48 bits per heavy atom. The van der Waals surface area contributed by atoms with Crippen LogP contribution in [0.5, 0.6) is 0 Å². The van der Waals surface area contributed by atoms with Crippen LogP contribution in [-0.2, 0) is 4.79 Å². The summed E-state index contributed by atoms with van der Waals surface area (Å²) >= 11 is 12.2. The van der Waals surface area contributed by atoms with Crippen molar-refractivity contribution in [3.8, 4) is 0 Å². The van der Waals surface area contributed by atoms with Crippen LogP contribution in [0.25, 0.3) is 11.0 Å². The zero-order valence-corrected chi connectivity index (χ0v) is 14.4. The number of aromatic amines is 1. The maximum absolute atomic E-state index is 12.6. The number of nitrogens with one attached hydrogen (secondary N) is 1. The number of H-pyrrole nitrogens is 1. The molecule has 1 unspecified atom stereocenters. The first-order chi connectivity index (χ1) is 10.9. The van der Waals surface area contributed by atoms with E-state index in [1.54, 1.807) is 0 Å². The summed E-state index contributed by atoms with van der Waals surface area (Å²) in [5.41, 5.74) is 1.36. The number of carbonyl (C=O) groups is 1. The van der Waals surface area contributed by atoms with E-state index in [9.17, 15) is 4.79 Å². The van der Waals surface area contributed by atoms with Crippen molar-refractivity contribution in [2.75, 3.05) is 31.1 Å². The second-order valence-corrected chi connectivity index (χ2v) is 8.05. The highest BCUT2D eigenvalue weighted by atomic mass is 35.5. The van der Waals surface area contributed by atoms with Gasteiger partial charge >= 0.3 is 0 Å². The number of benzene rings is 1. The first-order valence-corrected chi connectivity index (χ1v) is 8.53. The second kappa shape index (κ2) is 5.02. The average Bonchev–Trinajstić information content (AvgIpc) is 2.89. The summed E-state index contributed by atoms with van der Waals surface area (Å²) in [6.07, 6.45) is 0.533. The van der Waals surface area contributed by atoms with Gasteiger partial charge in [0, 0.05) is 26.2 Å². The maximum atomic E-state index is 12.6. The number of aromatic nitrogens is 2. The fourth-order valence-corrected chi connectivity index (χ4v) is 3.89. The molecule has 0 spiro atoms. The van der Waals surface area contributed by atoms with Crippen molar-refractivity contribution in [1.29, 1.82) is 0 Å². The monoisotopic (exact) mass is 352 g/mol. The highest BCUT2D eigenvalue weighted by Crippen LogP contribution is 2.64. The van der Waals surface area contributed by atoms with Crippen molar-refractivity contribution in [3.63, 3.8) is 0 Å². The van der Waals surface area contributed by atoms with Gasteiger partial charge in [-0.2, -0.15) is 0 Å². The summed E-state index contributed by atoms with van der Waals surface area (Å²) in [5, 5.41) is 0. The third kappa shape index (κ3) is 2.37. The lowest BCUT2D eigenvalue weighted by atomic mass is 10.1. The van der Waals surface area contributed by atoms with E-state index in [0.717, 1.165) is 30.1 Å². The number of fused-ring (bicyclic) bond motifs is 1.